The van der Waals surface area contributed by atoms with Gasteiger partial charge in [-0.15, -0.1) is 0 Å². The minimum atomic E-state index is -0.0283. The molecule has 2 rings (SSSR count). The maximum absolute atomic E-state index is 9.56. The Kier molecular flexibility index (Phi) is 6.11. The van der Waals surface area contributed by atoms with Gasteiger partial charge >= 0.3 is 0 Å². The Morgan fingerprint density at radius 1 is 1.21 bits per heavy atom. The van der Waals surface area contributed by atoms with E-state index < -0.39 is 0 Å². The molecule has 1 aliphatic heterocycles. The van der Waals surface area contributed by atoms with Crippen LogP contribution in [0.4, 0.5) is 0 Å². The van der Waals surface area contributed by atoms with Gasteiger partial charge in [-0.05, 0) is 83.5 Å². The first kappa shape index (κ1) is 15.3. The summed E-state index contributed by atoms with van der Waals surface area (Å²) in [7, 11) is 0. The highest BCUT2D eigenvalue weighted by molar-refractivity contribution is 4.82. The van der Waals surface area contributed by atoms with Crippen molar-refractivity contribution in [3.05, 3.63) is 0 Å². The van der Waals surface area contributed by atoms with Gasteiger partial charge in [0.2, 0.25) is 0 Å². The maximum Gasteiger partial charge on any atom is 0.0543 e. The molecule has 2 fully saturated rings. The minimum absolute atomic E-state index is 0.0283. The predicted molar refractivity (Wildman–Crippen MR) is 80.3 cm³/mol. The number of piperidine rings is 1. The van der Waals surface area contributed by atoms with E-state index in [0.29, 0.717) is 12.0 Å². The highest BCUT2D eigenvalue weighted by atomic mass is 16.3. The third kappa shape index (κ3) is 4.73. The summed E-state index contributed by atoms with van der Waals surface area (Å²) < 4.78 is 0. The van der Waals surface area contributed by atoms with E-state index in [2.05, 4.69) is 24.1 Å². The van der Waals surface area contributed by atoms with E-state index >= 15 is 0 Å². The average Bonchev–Trinajstić information content (AvgIpc) is 2.83. The molecule has 19 heavy (non-hydrogen) atoms. The van der Waals surface area contributed by atoms with Crippen LogP contribution in [-0.4, -0.2) is 48.3 Å². The zero-order valence-corrected chi connectivity index (χ0v) is 12.8. The second-order valence-corrected chi connectivity index (χ2v) is 6.71. The lowest BCUT2D eigenvalue weighted by atomic mass is 9.90. The van der Waals surface area contributed by atoms with Crippen molar-refractivity contribution in [1.29, 1.82) is 0 Å². The molecule has 3 atom stereocenters. The zero-order chi connectivity index (χ0) is 13.7. The quantitative estimate of drug-likeness (QED) is 0.775. The summed E-state index contributed by atoms with van der Waals surface area (Å²) in [6.07, 6.45) is 7.17. The van der Waals surface area contributed by atoms with Crippen LogP contribution in [0.1, 0.15) is 52.4 Å². The number of aliphatic hydroxyl groups is 1. The van der Waals surface area contributed by atoms with Crippen molar-refractivity contribution in [3.8, 4) is 0 Å². The Morgan fingerprint density at radius 3 is 2.53 bits per heavy atom. The Hall–Kier alpha value is -0.120. The minimum Gasteiger partial charge on any atom is -0.393 e. The van der Waals surface area contributed by atoms with E-state index in [1.54, 1.807) is 0 Å². The normalized spacial score (nSPS) is 31.7. The number of nitrogens with one attached hydrogen (secondary N) is 1. The summed E-state index contributed by atoms with van der Waals surface area (Å²) in [5.74, 6) is 1.55. The summed E-state index contributed by atoms with van der Waals surface area (Å²) in [6.45, 7) is 9.57. The number of rotatable bonds is 6. The molecule has 1 saturated carbocycles. The van der Waals surface area contributed by atoms with E-state index in [9.17, 15) is 5.11 Å². The molecule has 1 aliphatic carbocycles. The lowest BCUT2D eigenvalue weighted by molar-refractivity contribution is 0.158. The summed E-state index contributed by atoms with van der Waals surface area (Å²) in [4.78, 5) is 2.61. The lowest BCUT2D eigenvalue weighted by Gasteiger charge is -2.35. The molecule has 2 aliphatic rings. The second-order valence-electron chi connectivity index (χ2n) is 6.71. The van der Waals surface area contributed by atoms with E-state index in [4.69, 9.17) is 0 Å². The van der Waals surface area contributed by atoms with Crippen molar-refractivity contribution in [2.45, 2.75) is 64.5 Å². The Labute approximate surface area is 118 Å². The molecular formula is C16H32N2O. The molecule has 0 spiro atoms. The first-order valence-electron chi connectivity index (χ1n) is 8.32. The Balaban J connectivity index is 1.62. The standard InChI is InChI=1S/C16H32N2O/c1-3-8-18-9-6-15(7-10-18)13(2)17-12-14-4-5-16(19)11-14/h13-17,19H,3-12H2,1-2H3. The molecule has 3 heteroatoms. The molecule has 0 bridgehead atoms. The van der Waals surface area contributed by atoms with Gasteiger partial charge in [0.25, 0.3) is 0 Å². The molecule has 0 aromatic rings. The molecule has 0 amide bonds. The maximum atomic E-state index is 9.56. The predicted octanol–water partition coefficient (Wildman–Crippen LogP) is 2.25. The van der Waals surface area contributed by atoms with Crippen LogP contribution >= 0.6 is 0 Å². The van der Waals surface area contributed by atoms with Gasteiger partial charge < -0.3 is 15.3 Å². The number of likely N-dealkylation sites (tertiary alicyclic amines) is 1. The van der Waals surface area contributed by atoms with Gasteiger partial charge in [-0.1, -0.05) is 6.92 Å². The fraction of sp³-hybridized carbons (Fsp3) is 1.00. The highest BCUT2D eigenvalue weighted by Crippen LogP contribution is 2.26. The van der Waals surface area contributed by atoms with Gasteiger partial charge in [-0.2, -0.15) is 0 Å². The van der Waals surface area contributed by atoms with Crippen molar-refractivity contribution in [1.82, 2.24) is 10.2 Å². The summed E-state index contributed by atoms with van der Waals surface area (Å²) in [5, 5.41) is 13.3. The van der Waals surface area contributed by atoms with Gasteiger partial charge in [0.15, 0.2) is 0 Å². The van der Waals surface area contributed by atoms with Crippen LogP contribution in [0.25, 0.3) is 0 Å². The van der Waals surface area contributed by atoms with Crippen LogP contribution < -0.4 is 5.32 Å². The SMILES string of the molecule is CCCN1CCC(C(C)NCC2CCC(O)C2)CC1. The zero-order valence-electron chi connectivity index (χ0n) is 12.8. The number of nitrogens with zero attached hydrogens (tertiary/aromatic N) is 1. The fourth-order valence-corrected chi connectivity index (χ4v) is 3.75. The summed E-state index contributed by atoms with van der Waals surface area (Å²) in [5.41, 5.74) is 0. The van der Waals surface area contributed by atoms with E-state index in [1.807, 2.05) is 0 Å². The first-order chi connectivity index (χ1) is 9.19. The third-order valence-electron chi connectivity index (χ3n) is 5.12. The average molecular weight is 268 g/mol. The van der Waals surface area contributed by atoms with Gasteiger partial charge in [-0.25, -0.2) is 0 Å². The smallest absolute Gasteiger partial charge is 0.0543 e. The molecule has 0 aromatic carbocycles. The van der Waals surface area contributed by atoms with Gasteiger partial charge in [0, 0.05) is 6.04 Å². The highest BCUT2D eigenvalue weighted by Gasteiger charge is 2.26. The van der Waals surface area contributed by atoms with Gasteiger partial charge in [-0.3, -0.25) is 0 Å². The molecule has 0 radical (unpaired) electrons. The Morgan fingerprint density at radius 2 is 1.95 bits per heavy atom. The van der Waals surface area contributed by atoms with E-state index in [1.165, 1.54) is 45.3 Å². The van der Waals surface area contributed by atoms with Gasteiger partial charge in [0.05, 0.1) is 6.10 Å². The Bertz CT molecular complexity index is 251. The number of hydrogen-bond acceptors (Lipinski definition) is 3. The molecule has 3 unspecified atom stereocenters. The fourth-order valence-electron chi connectivity index (χ4n) is 3.75. The summed E-state index contributed by atoms with van der Waals surface area (Å²) >= 11 is 0. The van der Waals surface area contributed by atoms with Crippen molar-refractivity contribution < 1.29 is 5.11 Å². The molecule has 112 valence electrons. The van der Waals surface area contributed by atoms with Crippen molar-refractivity contribution in [2.24, 2.45) is 11.8 Å². The largest absolute Gasteiger partial charge is 0.393 e. The van der Waals surface area contributed by atoms with Crippen LogP contribution in [0.2, 0.25) is 0 Å². The van der Waals surface area contributed by atoms with Crippen LogP contribution in [0.15, 0.2) is 0 Å². The van der Waals surface area contributed by atoms with Crippen LogP contribution in [0.3, 0.4) is 0 Å². The molecular weight excluding hydrogens is 236 g/mol. The van der Waals surface area contributed by atoms with E-state index in [0.717, 1.165) is 25.3 Å². The topological polar surface area (TPSA) is 35.5 Å². The molecule has 3 nitrogen and oxygen atoms in total. The summed E-state index contributed by atoms with van der Waals surface area (Å²) in [6, 6.07) is 0.640. The van der Waals surface area contributed by atoms with Gasteiger partial charge in [0.1, 0.15) is 0 Å². The van der Waals surface area contributed by atoms with Crippen LogP contribution in [0.5, 0.6) is 0 Å². The van der Waals surface area contributed by atoms with Crippen molar-refractivity contribution in [2.75, 3.05) is 26.2 Å². The molecule has 1 heterocycles. The van der Waals surface area contributed by atoms with Crippen LogP contribution in [-0.2, 0) is 0 Å². The third-order valence-corrected chi connectivity index (χ3v) is 5.12. The lowest BCUT2D eigenvalue weighted by Crippen LogP contribution is -2.43. The second kappa shape index (κ2) is 7.61. The monoisotopic (exact) mass is 268 g/mol. The number of hydrogen-bond donors (Lipinski definition) is 2. The van der Waals surface area contributed by atoms with Crippen molar-refractivity contribution in [3.63, 3.8) is 0 Å². The molecule has 2 N–H and O–H groups in total. The first-order valence-corrected chi connectivity index (χ1v) is 8.32. The van der Waals surface area contributed by atoms with Crippen LogP contribution in [0, 0.1) is 11.8 Å². The molecule has 1 saturated heterocycles. The number of aliphatic hydroxyl groups excluding tert-OH is 1. The van der Waals surface area contributed by atoms with E-state index in [-0.39, 0.29) is 6.10 Å². The van der Waals surface area contributed by atoms with Crippen molar-refractivity contribution >= 4 is 0 Å². The molecule has 0 aromatic heterocycles.